The second kappa shape index (κ2) is 5.78. The van der Waals surface area contributed by atoms with Crippen molar-refractivity contribution < 1.29 is 9.59 Å². The fraction of sp³-hybridized carbons (Fsp3) is 0.176. The molecular formula is C17H14ClNO2S. The molecular weight excluding hydrogens is 318 g/mol. The Balaban J connectivity index is 2.07. The molecule has 112 valence electrons. The normalized spacial score (nSPS) is 14.7. The summed E-state index contributed by atoms with van der Waals surface area (Å²) in [7, 11) is 0. The molecule has 0 spiro atoms. The Labute approximate surface area is 137 Å². The highest BCUT2D eigenvalue weighted by molar-refractivity contribution is 7.99. The Morgan fingerprint density at radius 1 is 1.23 bits per heavy atom. The standard InChI is InChI=1S/C17H14ClNO2S/c1-9(17(19)21)10-3-5-15-13(6-10)14(20)7-11-2-4-12(18)8-16(11)22-15/h2-6,8-9H,7H2,1H3,(H2,19,21). The molecule has 5 heteroatoms. The second-order valence-corrected chi connectivity index (χ2v) is 6.85. The largest absolute Gasteiger partial charge is 0.369 e. The van der Waals surface area contributed by atoms with E-state index < -0.39 is 11.8 Å². The van der Waals surface area contributed by atoms with E-state index in [1.807, 2.05) is 24.3 Å². The van der Waals surface area contributed by atoms with Crippen molar-refractivity contribution in [3.63, 3.8) is 0 Å². The number of benzene rings is 2. The van der Waals surface area contributed by atoms with E-state index in [-0.39, 0.29) is 5.78 Å². The predicted octanol–water partition coefficient (Wildman–Crippen LogP) is 3.82. The van der Waals surface area contributed by atoms with Crippen molar-refractivity contribution in [2.24, 2.45) is 5.73 Å². The number of fused-ring (bicyclic) bond motifs is 2. The minimum absolute atomic E-state index is 0.0436. The molecule has 22 heavy (non-hydrogen) atoms. The molecule has 1 amide bonds. The van der Waals surface area contributed by atoms with Gasteiger partial charge in [-0.25, -0.2) is 0 Å². The third-order valence-corrected chi connectivity index (χ3v) is 5.24. The van der Waals surface area contributed by atoms with Crippen molar-refractivity contribution in [1.29, 1.82) is 0 Å². The van der Waals surface area contributed by atoms with Gasteiger partial charge in [0.15, 0.2) is 5.78 Å². The highest BCUT2D eigenvalue weighted by Gasteiger charge is 2.22. The molecule has 0 fully saturated rings. The molecule has 2 aromatic rings. The minimum atomic E-state index is -0.414. The molecule has 1 aliphatic heterocycles. The lowest BCUT2D eigenvalue weighted by molar-refractivity contribution is -0.119. The Hall–Kier alpha value is -1.78. The number of carbonyl (C=O) groups is 2. The van der Waals surface area contributed by atoms with Gasteiger partial charge in [0.2, 0.25) is 5.91 Å². The number of hydrogen-bond donors (Lipinski definition) is 1. The number of rotatable bonds is 2. The highest BCUT2D eigenvalue weighted by Crippen LogP contribution is 2.39. The van der Waals surface area contributed by atoms with Crippen LogP contribution >= 0.6 is 23.4 Å². The van der Waals surface area contributed by atoms with Crippen LogP contribution in [-0.2, 0) is 11.2 Å². The lowest BCUT2D eigenvalue weighted by atomic mass is 9.95. The summed E-state index contributed by atoms with van der Waals surface area (Å²) >= 11 is 7.57. The maximum Gasteiger partial charge on any atom is 0.224 e. The number of Topliss-reactive ketones (excluding diaryl/α,β-unsaturated/α-hetero) is 1. The quantitative estimate of drug-likeness (QED) is 0.910. The summed E-state index contributed by atoms with van der Waals surface area (Å²) in [6, 6.07) is 11.1. The van der Waals surface area contributed by atoms with Gasteiger partial charge in [0.05, 0.1) is 5.92 Å². The van der Waals surface area contributed by atoms with Crippen LogP contribution in [0.25, 0.3) is 0 Å². The van der Waals surface area contributed by atoms with Crippen molar-refractivity contribution >= 4 is 35.1 Å². The molecule has 1 aliphatic rings. The van der Waals surface area contributed by atoms with Gasteiger partial charge in [-0.3, -0.25) is 9.59 Å². The maximum absolute atomic E-state index is 12.5. The molecule has 0 saturated carbocycles. The average molecular weight is 332 g/mol. The Morgan fingerprint density at radius 3 is 2.73 bits per heavy atom. The molecule has 1 heterocycles. The van der Waals surface area contributed by atoms with E-state index in [9.17, 15) is 9.59 Å². The smallest absolute Gasteiger partial charge is 0.224 e. The molecule has 3 rings (SSSR count). The van der Waals surface area contributed by atoms with Gasteiger partial charge >= 0.3 is 0 Å². The van der Waals surface area contributed by atoms with Crippen LogP contribution in [0.5, 0.6) is 0 Å². The van der Waals surface area contributed by atoms with Crippen LogP contribution in [0.2, 0.25) is 5.02 Å². The molecule has 1 unspecified atom stereocenters. The van der Waals surface area contributed by atoms with Crippen LogP contribution < -0.4 is 5.73 Å². The first kappa shape index (κ1) is 15.1. The second-order valence-electron chi connectivity index (χ2n) is 5.33. The first-order valence-corrected chi connectivity index (χ1v) is 8.08. The molecule has 0 radical (unpaired) electrons. The Kier molecular flexibility index (Phi) is 3.98. The summed E-state index contributed by atoms with van der Waals surface area (Å²) in [4.78, 5) is 25.8. The van der Waals surface area contributed by atoms with Crippen molar-refractivity contribution in [2.45, 2.75) is 29.1 Å². The zero-order valence-electron chi connectivity index (χ0n) is 11.9. The van der Waals surface area contributed by atoms with E-state index >= 15 is 0 Å². The predicted molar refractivity (Wildman–Crippen MR) is 87.7 cm³/mol. The summed E-state index contributed by atoms with van der Waals surface area (Å²) < 4.78 is 0. The summed E-state index contributed by atoms with van der Waals surface area (Å²) in [5.74, 6) is -0.769. The summed E-state index contributed by atoms with van der Waals surface area (Å²) in [5.41, 5.74) is 7.73. The number of ketones is 1. The van der Waals surface area contributed by atoms with E-state index in [2.05, 4.69) is 0 Å². The summed E-state index contributed by atoms with van der Waals surface area (Å²) in [6.45, 7) is 1.74. The lowest BCUT2D eigenvalue weighted by Gasteiger charge is -2.11. The van der Waals surface area contributed by atoms with Crippen LogP contribution in [0.4, 0.5) is 0 Å². The van der Waals surface area contributed by atoms with Gasteiger partial charge in [-0.05, 0) is 42.3 Å². The zero-order valence-corrected chi connectivity index (χ0v) is 13.5. The number of hydrogen-bond acceptors (Lipinski definition) is 3. The number of nitrogens with two attached hydrogens (primary N) is 1. The molecule has 2 aromatic carbocycles. The van der Waals surface area contributed by atoms with Gasteiger partial charge in [0.25, 0.3) is 0 Å². The van der Waals surface area contributed by atoms with Crippen LogP contribution in [0.15, 0.2) is 46.2 Å². The average Bonchev–Trinajstić information content (AvgIpc) is 2.62. The van der Waals surface area contributed by atoms with Gasteiger partial charge in [0.1, 0.15) is 0 Å². The van der Waals surface area contributed by atoms with Crippen LogP contribution in [0, 0.1) is 0 Å². The number of halogens is 1. The summed E-state index contributed by atoms with van der Waals surface area (Å²) in [6.07, 6.45) is 0.334. The highest BCUT2D eigenvalue weighted by atomic mass is 35.5. The van der Waals surface area contributed by atoms with E-state index in [0.29, 0.717) is 17.0 Å². The van der Waals surface area contributed by atoms with Crippen molar-refractivity contribution in [3.05, 3.63) is 58.1 Å². The summed E-state index contributed by atoms with van der Waals surface area (Å²) in [5, 5.41) is 0.654. The van der Waals surface area contributed by atoms with Crippen molar-refractivity contribution in [2.75, 3.05) is 0 Å². The topological polar surface area (TPSA) is 60.2 Å². The third kappa shape index (κ3) is 2.76. The minimum Gasteiger partial charge on any atom is -0.369 e. The van der Waals surface area contributed by atoms with E-state index in [1.54, 1.807) is 19.1 Å². The zero-order chi connectivity index (χ0) is 15.9. The van der Waals surface area contributed by atoms with Gasteiger partial charge in [-0.15, -0.1) is 0 Å². The van der Waals surface area contributed by atoms with Crippen molar-refractivity contribution in [3.8, 4) is 0 Å². The molecule has 1 atom stereocenters. The van der Waals surface area contributed by atoms with Crippen LogP contribution in [-0.4, -0.2) is 11.7 Å². The van der Waals surface area contributed by atoms with Gasteiger partial charge in [-0.2, -0.15) is 0 Å². The number of primary amides is 1. The van der Waals surface area contributed by atoms with Gasteiger partial charge in [-0.1, -0.05) is 35.5 Å². The molecule has 2 N–H and O–H groups in total. The van der Waals surface area contributed by atoms with Crippen molar-refractivity contribution in [1.82, 2.24) is 0 Å². The lowest BCUT2D eigenvalue weighted by Crippen LogP contribution is -2.19. The molecule has 3 nitrogen and oxygen atoms in total. The fourth-order valence-electron chi connectivity index (χ4n) is 2.44. The first-order chi connectivity index (χ1) is 10.5. The number of amides is 1. The van der Waals surface area contributed by atoms with Gasteiger partial charge < -0.3 is 5.73 Å². The third-order valence-electron chi connectivity index (χ3n) is 3.83. The van der Waals surface area contributed by atoms with Crippen LogP contribution in [0.1, 0.15) is 34.3 Å². The van der Waals surface area contributed by atoms with E-state index in [0.717, 1.165) is 20.9 Å². The maximum atomic E-state index is 12.5. The van der Waals surface area contributed by atoms with Crippen LogP contribution in [0.3, 0.4) is 0 Å². The monoisotopic (exact) mass is 331 g/mol. The Morgan fingerprint density at radius 2 is 2.00 bits per heavy atom. The fourth-order valence-corrected chi connectivity index (χ4v) is 3.79. The molecule has 0 aliphatic carbocycles. The molecule has 0 bridgehead atoms. The van der Waals surface area contributed by atoms with E-state index in [1.165, 1.54) is 11.8 Å². The Bertz CT molecular complexity index is 788. The SMILES string of the molecule is CC(C(N)=O)c1ccc2c(c1)C(=O)Cc1ccc(Cl)cc1S2. The first-order valence-electron chi connectivity index (χ1n) is 6.88. The molecule has 0 aromatic heterocycles. The molecule has 0 saturated heterocycles. The van der Waals surface area contributed by atoms with E-state index in [4.69, 9.17) is 17.3 Å². The van der Waals surface area contributed by atoms with Gasteiger partial charge in [0, 0.05) is 26.8 Å². The number of carbonyl (C=O) groups excluding carboxylic acids is 2.